The number of carbonyl (C=O) groups excluding carboxylic acids is 1. The lowest BCUT2D eigenvalue weighted by Crippen LogP contribution is -2.22. The number of aromatic carboxylic acids is 1. The second-order valence-corrected chi connectivity index (χ2v) is 7.16. The Hall–Kier alpha value is -3.10. The van der Waals surface area contributed by atoms with Crippen LogP contribution in [0.2, 0.25) is 0 Å². The van der Waals surface area contributed by atoms with Gasteiger partial charge >= 0.3 is 5.97 Å². The Labute approximate surface area is 155 Å². The Kier molecular flexibility index (Phi) is 3.78. The molecule has 26 heavy (non-hydrogen) atoms. The van der Waals surface area contributed by atoms with Gasteiger partial charge in [0.05, 0.1) is 22.2 Å². The maximum atomic E-state index is 12.3. The van der Waals surface area contributed by atoms with Crippen molar-refractivity contribution in [3.63, 3.8) is 0 Å². The monoisotopic (exact) mass is 382 g/mol. The molecule has 2 heterocycles. The van der Waals surface area contributed by atoms with E-state index in [9.17, 15) is 14.7 Å². The fourth-order valence-electron chi connectivity index (χ4n) is 2.79. The molecule has 1 aliphatic heterocycles. The van der Waals surface area contributed by atoms with Gasteiger partial charge in [-0.15, -0.1) is 11.3 Å². The SMILES string of the molecule is O=C1N=c2ccccc2=C1c1sc(=S)n(-c2ccc(C(=O)O)cc2)c1O. The summed E-state index contributed by atoms with van der Waals surface area (Å²) in [5.41, 5.74) is 0.953. The minimum atomic E-state index is -1.04. The Morgan fingerprint density at radius 1 is 1.12 bits per heavy atom. The second kappa shape index (κ2) is 6.01. The van der Waals surface area contributed by atoms with Crippen LogP contribution in [0.5, 0.6) is 5.88 Å². The third-order valence-corrected chi connectivity index (χ3v) is 5.38. The highest BCUT2D eigenvalue weighted by molar-refractivity contribution is 7.73. The summed E-state index contributed by atoms with van der Waals surface area (Å²) in [5, 5.41) is 20.9. The minimum absolute atomic E-state index is 0.128. The van der Waals surface area contributed by atoms with Crippen molar-refractivity contribution in [2.24, 2.45) is 4.99 Å². The van der Waals surface area contributed by atoms with Crippen molar-refractivity contribution in [3.05, 3.63) is 73.5 Å². The molecular weight excluding hydrogens is 372 g/mol. The molecule has 0 aliphatic carbocycles. The zero-order chi connectivity index (χ0) is 18.4. The summed E-state index contributed by atoms with van der Waals surface area (Å²) in [5.74, 6) is -1.63. The number of rotatable bonds is 3. The molecule has 1 aromatic heterocycles. The molecule has 0 saturated heterocycles. The van der Waals surface area contributed by atoms with E-state index in [4.69, 9.17) is 17.3 Å². The Bertz CT molecular complexity index is 1250. The summed E-state index contributed by atoms with van der Waals surface area (Å²) in [4.78, 5) is 27.7. The Balaban J connectivity index is 1.92. The number of carboxylic acids is 1. The van der Waals surface area contributed by atoms with E-state index in [0.29, 0.717) is 30.7 Å². The number of nitrogens with zero attached hydrogens (tertiary/aromatic N) is 2. The number of thiazole rings is 1. The smallest absolute Gasteiger partial charge is 0.335 e. The highest BCUT2D eigenvalue weighted by Gasteiger charge is 2.25. The normalized spacial score (nSPS) is 12.8. The number of carboxylic acid groups (broad SMARTS) is 1. The van der Waals surface area contributed by atoms with Crippen LogP contribution in [-0.4, -0.2) is 26.7 Å². The lowest BCUT2D eigenvalue weighted by Gasteiger charge is -2.06. The molecule has 2 aromatic carbocycles. The topological polar surface area (TPSA) is 91.9 Å². The molecule has 1 amide bonds. The first-order valence-electron chi connectivity index (χ1n) is 7.48. The average Bonchev–Trinajstić information content (AvgIpc) is 3.10. The van der Waals surface area contributed by atoms with E-state index in [-0.39, 0.29) is 11.4 Å². The number of aromatic hydroxyl groups is 1. The summed E-state index contributed by atoms with van der Waals surface area (Å²) in [6.07, 6.45) is 0. The Morgan fingerprint density at radius 3 is 2.50 bits per heavy atom. The summed E-state index contributed by atoms with van der Waals surface area (Å²) in [7, 11) is 0. The van der Waals surface area contributed by atoms with E-state index < -0.39 is 11.9 Å². The van der Waals surface area contributed by atoms with Crippen molar-refractivity contribution in [1.29, 1.82) is 0 Å². The molecule has 0 radical (unpaired) electrons. The van der Waals surface area contributed by atoms with Gasteiger partial charge in [-0.25, -0.2) is 9.79 Å². The van der Waals surface area contributed by atoms with Gasteiger partial charge in [-0.3, -0.25) is 9.36 Å². The zero-order valence-electron chi connectivity index (χ0n) is 13.0. The van der Waals surface area contributed by atoms with Crippen LogP contribution >= 0.6 is 23.6 Å². The highest BCUT2D eigenvalue weighted by atomic mass is 32.1. The third-order valence-electron chi connectivity index (χ3n) is 4.00. The molecule has 8 heteroatoms. The quantitative estimate of drug-likeness (QED) is 0.677. The van der Waals surface area contributed by atoms with E-state index in [2.05, 4.69) is 4.99 Å². The van der Waals surface area contributed by atoms with Crippen molar-refractivity contribution in [1.82, 2.24) is 4.57 Å². The fourth-order valence-corrected chi connectivity index (χ4v) is 4.17. The number of fused-ring (bicyclic) bond motifs is 1. The number of para-hydroxylation sites is 1. The number of hydrogen-bond donors (Lipinski definition) is 2. The molecule has 4 rings (SSSR count). The van der Waals surface area contributed by atoms with Gasteiger partial charge in [-0.2, -0.15) is 0 Å². The molecule has 128 valence electrons. The van der Waals surface area contributed by atoms with Crippen LogP contribution in [0.1, 0.15) is 15.2 Å². The minimum Gasteiger partial charge on any atom is -0.493 e. The van der Waals surface area contributed by atoms with E-state index in [0.717, 1.165) is 11.3 Å². The first-order chi connectivity index (χ1) is 12.5. The number of benzene rings is 2. The summed E-state index contributed by atoms with van der Waals surface area (Å²) < 4.78 is 1.74. The van der Waals surface area contributed by atoms with Gasteiger partial charge < -0.3 is 10.2 Å². The van der Waals surface area contributed by atoms with Crippen LogP contribution in [0.4, 0.5) is 0 Å². The van der Waals surface area contributed by atoms with Crippen LogP contribution in [0.15, 0.2) is 53.5 Å². The van der Waals surface area contributed by atoms with E-state index in [1.165, 1.54) is 16.7 Å². The number of aromatic nitrogens is 1. The Morgan fingerprint density at radius 2 is 1.81 bits per heavy atom. The van der Waals surface area contributed by atoms with E-state index >= 15 is 0 Å². The van der Waals surface area contributed by atoms with E-state index in [1.807, 2.05) is 0 Å². The molecule has 6 nitrogen and oxygen atoms in total. The van der Waals surface area contributed by atoms with Gasteiger partial charge in [0.15, 0.2) is 3.95 Å². The fraction of sp³-hybridized carbons (Fsp3) is 0. The zero-order valence-corrected chi connectivity index (χ0v) is 14.7. The number of carbonyl (C=O) groups is 2. The summed E-state index contributed by atoms with van der Waals surface area (Å²) >= 11 is 6.45. The van der Waals surface area contributed by atoms with E-state index in [1.54, 1.807) is 36.4 Å². The van der Waals surface area contributed by atoms with Crippen LogP contribution in [-0.2, 0) is 4.79 Å². The molecule has 0 saturated carbocycles. The standard InChI is InChI=1S/C18H10N2O4S2/c21-15-13(11-3-1-2-4-12(11)19-15)14-16(22)20(18(25)26-14)10-7-5-9(6-8-10)17(23)24/h1-8,22H,(H,23,24). The van der Waals surface area contributed by atoms with Crippen LogP contribution in [0.25, 0.3) is 11.3 Å². The average molecular weight is 382 g/mol. The maximum Gasteiger partial charge on any atom is 0.335 e. The van der Waals surface area contributed by atoms with Crippen LogP contribution < -0.4 is 10.6 Å². The van der Waals surface area contributed by atoms with Crippen LogP contribution in [0, 0.1) is 3.95 Å². The first-order valence-corrected chi connectivity index (χ1v) is 8.71. The molecule has 0 atom stereocenters. The first kappa shape index (κ1) is 16.4. The largest absolute Gasteiger partial charge is 0.493 e. The van der Waals surface area contributed by atoms with Gasteiger partial charge in [0.2, 0.25) is 5.88 Å². The predicted molar refractivity (Wildman–Crippen MR) is 97.8 cm³/mol. The number of hydrogen-bond acceptors (Lipinski definition) is 5. The number of amides is 1. The van der Waals surface area contributed by atoms with Crippen molar-refractivity contribution >= 4 is 41.0 Å². The molecule has 0 fully saturated rings. The van der Waals surface area contributed by atoms with Gasteiger partial charge in [0, 0.05) is 5.22 Å². The summed E-state index contributed by atoms with van der Waals surface area (Å²) in [6, 6.07) is 13.0. The van der Waals surface area contributed by atoms with Gasteiger partial charge in [-0.1, -0.05) is 18.2 Å². The lowest BCUT2D eigenvalue weighted by atomic mass is 10.1. The van der Waals surface area contributed by atoms with Crippen LogP contribution in [0.3, 0.4) is 0 Å². The molecule has 3 aromatic rings. The van der Waals surface area contributed by atoms with Gasteiger partial charge in [0.25, 0.3) is 5.91 Å². The van der Waals surface area contributed by atoms with Crippen molar-refractivity contribution in [2.75, 3.05) is 0 Å². The lowest BCUT2D eigenvalue weighted by molar-refractivity contribution is -0.112. The van der Waals surface area contributed by atoms with Crippen molar-refractivity contribution in [3.8, 4) is 11.6 Å². The molecule has 0 unspecified atom stereocenters. The van der Waals surface area contributed by atoms with Crippen molar-refractivity contribution < 1.29 is 19.8 Å². The molecule has 0 bridgehead atoms. The van der Waals surface area contributed by atoms with Gasteiger partial charge in [-0.05, 0) is 42.5 Å². The van der Waals surface area contributed by atoms with Gasteiger partial charge in [0.1, 0.15) is 4.88 Å². The predicted octanol–water partition coefficient (Wildman–Crippen LogP) is 2.03. The highest BCUT2D eigenvalue weighted by Crippen LogP contribution is 2.34. The molecule has 2 N–H and O–H groups in total. The maximum absolute atomic E-state index is 12.3. The molecule has 1 aliphatic rings. The molecule has 0 spiro atoms. The van der Waals surface area contributed by atoms with Crippen molar-refractivity contribution in [2.45, 2.75) is 0 Å². The third kappa shape index (κ3) is 2.47. The summed E-state index contributed by atoms with van der Waals surface area (Å²) in [6.45, 7) is 0. The second-order valence-electron chi connectivity index (χ2n) is 5.52. The molecular formula is C18H10N2O4S2.